The van der Waals surface area contributed by atoms with Crippen LogP contribution in [0.15, 0.2) is 18.5 Å². The van der Waals surface area contributed by atoms with Gasteiger partial charge < -0.3 is 10.1 Å². The van der Waals surface area contributed by atoms with Gasteiger partial charge in [-0.25, -0.2) is 0 Å². The van der Waals surface area contributed by atoms with Crippen LogP contribution in [0.5, 0.6) is 0 Å². The lowest BCUT2D eigenvalue weighted by molar-refractivity contribution is 0.127. The molecule has 0 saturated carbocycles. The van der Waals surface area contributed by atoms with Crippen LogP contribution in [-0.2, 0) is 11.3 Å². The molecule has 0 saturated heterocycles. The number of hydrogen-bond acceptors (Lipinski definition) is 3. The molecule has 0 aliphatic rings. The third kappa shape index (κ3) is 4.60. The van der Waals surface area contributed by atoms with E-state index in [0.717, 1.165) is 25.3 Å². The Bertz CT molecular complexity index is 294. The minimum Gasteiger partial charge on any atom is -0.380 e. The Morgan fingerprint density at radius 2 is 2.40 bits per heavy atom. The Balaban J connectivity index is 2.33. The minimum atomic E-state index is 0.328. The largest absolute Gasteiger partial charge is 0.380 e. The third-order valence-corrected chi connectivity index (χ3v) is 2.41. The summed E-state index contributed by atoms with van der Waals surface area (Å²) in [6.07, 6.45) is 3.40. The van der Waals surface area contributed by atoms with Crippen LogP contribution in [-0.4, -0.2) is 24.2 Å². The van der Waals surface area contributed by atoms with Crippen LogP contribution in [0.2, 0.25) is 5.02 Å². The second-order valence-corrected chi connectivity index (χ2v) is 3.82. The van der Waals surface area contributed by atoms with E-state index in [4.69, 9.17) is 16.3 Å². The van der Waals surface area contributed by atoms with Crippen molar-refractivity contribution in [3.8, 4) is 0 Å². The fourth-order valence-electron chi connectivity index (χ4n) is 1.19. The van der Waals surface area contributed by atoms with Crippen molar-refractivity contribution >= 4 is 11.6 Å². The Hall–Kier alpha value is -0.640. The molecule has 15 heavy (non-hydrogen) atoms. The van der Waals surface area contributed by atoms with Crippen molar-refractivity contribution in [1.82, 2.24) is 10.3 Å². The molecule has 84 valence electrons. The number of rotatable bonds is 6. The lowest BCUT2D eigenvalue weighted by Crippen LogP contribution is -2.30. The first-order valence-corrected chi connectivity index (χ1v) is 5.51. The predicted octanol–water partition coefficient (Wildman–Crippen LogP) is 2.25. The van der Waals surface area contributed by atoms with Gasteiger partial charge >= 0.3 is 0 Å². The second kappa shape index (κ2) is 6.77. The second-order valence-electron chi connectivity index (χ2n) is 3.41. The molecule has 1 heterocycles. The summed E-state index contributed by atoms with van der Waals surface area (Å²) in [6, 6.07) is 2.25. The van der Waals surface area contributed by atoms with Crippen LogP contribution in [0.25, 0.3) is 0 Å². The van der Waals surface area contributed by atoms with E-state index in [0.29, 0.717) is 11.1 Å². The molecule has 0 fully saturated rings. The van der Waals surface area contributed by atoms with Gasteiger partial charge in [-0.3, -0.25) is 4.98 Å². The maximum atomic E-state index is 5.98. The predicted molar refractivity (Wildman–Crippen MR) is 62.0 cm³/mol. The molecule has 0 aliphatic carbocycles. The zero-order valence-corrected chi connectivity index (χ0v) is 9.92. The fourth-order valence-corrected chi connectivity index (χ4v) is 1.37. The fraction of sp³-hybridized carbons (Fsp3) is 0.545. The van der Waals surface area contributed by atoms with Crippen molar-refractivity contribution in [3.05, 3.63) is 29.0 Å². The van der Waals surface area contributed by atoms with E-state index >= 15 is 0 Å². The molecule has 1 aromatic rings. The zero-order chi connectivity index (χ0) is 11.1. The summed E-state index contributed by atoms with van der Waals surface area (Å²) >= 11 is 5.98. The van der Waals surface area contributed by atoms with Crippen molar-refractivity contribution in [2.75, 3.05) is 13.2 Å². The monoisotopic (exact) mass is 228 g/mol. The smallest absolute Gasteiger partial charge is 0.0634 e. The van der Waals surface area contributed by atoms with Crippen LogP contribution < -0.4 is 5.32 Å². The van der Waals surface area contributed by atoms with E-state index < -0.39 is 0 Å². The van der Waals surface area contributed by atoms with Crippen molar-refractivity contribution in [2.24, 2.45) is 0 Å². The van der Waals surface area contributed by atoms with Gasteiger partial charge in [-0.2, -0.15) is 0 Å². The highest BCUT2D eigenvalue weighted by Crippen LogP contribution is 2.12. The van der Waals surface area contributed by atoms with Gasteiger partial charge in [0.15, 0.2) is 0 Å². The quantitative estimate of drug-likeness (QED) is 0.811. The molecule has 1 rings (SSSR count). The van der Waals surface area contributed by atoms with Gasteiger partial charge in [0.05, 0.1) is 11.6 Å². The summed E-state index contributed by atoms with van der Waals surface area (Å²) in [5.74, 6) is 0. The molecule has 0 aromatic carbocycles. The Morgan fingerprint density at radius 1 is 1.60 bits per heavy atom. The van der Waals surface area contributed by atoms with E-state index in [1.807, 2.05) is 13.0 Å². The maximum Gasteiger partial charge on any atom is 0.0634 e. The normalized spacial score (nSPS) is 12.7. The molecular weight excluding hydrogens is 212 g/mol. The Labute approximate surface area is 95.8 Å². The van der Waals surface area contributed by atoms with Gasteiger partial charge in [-0.05, 0) is 25.5 Å². The zero-order valence-electron chi connectivity index (χ0n) is 9.16. The highest BCUT2D eigenvalue weighted by atomic mass is 35.5. The molecule has 1 N–H and O–H groups in total. The first-order chi connectivity index (χ1) is 7.24. The first-order valence-electron chi connectivity index (χ1n) is 5.13. The first kappa shape index (κ1) is 12.4. The number of pyridine rings is 1. The molecule has 1 unspecified atom stereocenters. The standard InChI is InChI=1S/C11H17ClN2O/c1-3-15-8-9(2)14-6-10-4-5-13-7-11(10)12/h4-5,7,9,14H,3,6,8H2,1-2H3. The van der Waals surface area contributed by atoms with E-state index in [1.54, 1.807) is 12.4 Å². The summed E-state index contributed by atoms with van der Waals surface area (Å²) in [4.78, 5) is 3.94. The van der Waals surface area contributed by atoms with Gasteiger partial charge in [0.25, 0.3) is 0 Å². The van der Waals surface area contributed by atoms with Gasteiger partial charge in [-0.1, -0.05) is 11.6 Å². The van der Waals surface area contributed by atoms with Crippen LogP contribution in [0.3, 0.4) is 0 Å². The number of hydrogen-bond donors (Lipinski definition) is 1. The van der Waals surface area contributed by atoms with Crippen LogP contribution in [0.1, 0.15) is 19.4 Å². The highest BCUT2D eigenvalue weighted by molar-refractivity contribution is 6.31. The SMILES string of the molecule is CCOCC(C)NCc1ccncc1Cl. The minimum absolute atomic E-state index is 0.328. The molecule has 4 heteroatoms. The highest BCUT2D eigenvalue weighted by Gasteiger charge is 2.03. The summed E-state index contributed by atoms with van der Waals surface area (Å²) in [5, 5.41) is 4.04. The van der Waals surface area contributed by atoms with E-state index in [2.05, 4.69) is 17.2 Å². The number of nitrogens with one attached hydrogen (secondary N) is 1. The summed E-state index contributed by atoms with van der Waals surface area (Å²) in [6.45, 7) is 6.30. The lowest BCUT2D eigenvalue weighted by Gasteiger charge is -2.13. The van der Waals surface area contributed by atoms with Crippen molar-refractivity contribution in [1.29, 1.82) is 0 Å². The molecule has 0 radical (unpaired) electrons. The van der Waals surface area contributed by atoms with E-state index in [9.17, 15) is 0 Å². The molecule has 0 spiro atoms. The average Bonchev–Trinajstić information content (AvgIpc) is 2.25. The van der Waals surface area contributed by atoms with Gasteiger partial charge in [0.1, 0.15) is 0 Å². The van der Waals surface area contributed by atoms with E-state index in [-0.39, 0.29) is 0 Å². The van der Waals surface area contributed by atoms with Crippen LogP contribution in [0.4, 0.5) is 0 Å². The van der Waals surface area contributed by atoms with Gasteiger partial charge in [0.2, 0.25) is 0 Å². The molecule has 1 aromatic heterocycles. The molecule has 0 aliphatic heterocycles. The van der Waals surface area contributed by atoms with Crippen molar-refractivity contribution in [2.45, 2.75) is 26.4 Å². The maximum absolute atomic E-state index is 5.98. The van der Waals surface area contributed by atoms with Crippen LogP contribution in [0, 0.1) is 0 Å². The Morgan fingerprint density at radius 3 is 3.07 bits per heavy atom. The van der Waals surface area contributed by atoms with Crippen LogP contribution >= 0.6 is 11.6 Å². The summed E-state index contributed by atoms with van der Waals surface area (Å²) in [7, 11) is 0. The molecule has 0 amide bonds. The van der Waals surface area contributed by atoms with E-state index in [1.165, 1.54) is 0 Å². The Kier molecular flexibility index (Phi) is 5.61. The van der Waals surface area contributed by atoms with Crippen molar-refractivity contribution < 1.29 is 4.74 Å². The molecule has 3 nitrogen and oxygen atoms in total. The number of ether oxygens (including phenoxy) is 1. The number of nitrogens with zero attached hydrogens (tertiary/aromatic N) is 1. The summed E-state index contributed by atoms with van der Waals surface area (Å²) in [5.41, 5.74) is 1.06. The third-order valence-electron chi connectivity index (χ3n) is 2.07. The summed E-state index contributed by atoms with van der Waals surface area (Å²) < 4.78 is 5.31. The number of aromatic nitrogens is 1. The number of halogens is 1. The average molecular weight is 229 g/mol. The van der Waals surface area contributed by atoms with Gasteiger partial charge in [-0.15, -0.1) is 0 Å². The molecular formula is C11H17ClN2O. The van der Waals surface area contributed by atoms with Crippen molar-refractivity contribution in [3.63, 3.8) is 0 Å². The van der Waals surface area contributed by atoms with Gasteiger partial charge in [0, 0.05) is 31.6 Å². The topological polar surface area (TPSA) is 34.1 Å². The molecule has 0 bridgehead atoms. The lowest BCUT2D eigenvalue weighted by atomic mass is 10.2. The molecule has 1 atom stereocenters.